The van der Waals surface area contributed by atoms with Crippen molar-refractivity contribution in [3.63, 3.8) is 0 Å². The summed E-state index contributed by atoms with van der Waals surface area (Å²) in [4.78, 5) is 11.9. The molecule has 0 aliphatic heterocycles. The summed E-state index contributed by atoms with van der Waals surface area (Å²) in [6.45, 7) is 2.55. The van der Waals surface area contributed by atoms with Crippen molar-refractivity contribution in [3.8, 4) is 11.3 Å². The van der Waals surface area contributed by atoms with Crippen molar-refractivity contribution < 1.29 is 14.1 Å². The molecule has 1 amide bonds. The highest BCUT2D eigenvalue weighted by atomic mass is 35.5. The normalized spacial score (nSPS) is 10.6. The zero-order chi connectivity index (χ0) is 15.8. The van der Waals surface area contributed by atoms with Crippen LogP contribution in [0.1, 0.15) is 10.5 Å². The lowest BCUT2D eigenvalue weighted by atomic mass is 10.1. The molecule has 6 nitrogen and oxygen atoms in total. The molecule has 0 atom stereocenters. The zero-order valence-electron chi connectivity index (χ0n) is 12.3. The average molecular weight is 324 g/mol. The van der Waals surface area contributed by atoms with Crippen LogP contribution in [0.25, 0.3) is 11.3 Å². The van der Waals surface area contributed by atoms with E-state index in [1.807, 2.05) is 12.1 Å². The Morgan fingerprint density at radius 3 is 2.95 bits per heavy atom. The zero-order valence-corrected chi connectivity index (χ0v) is 13.0. The maximum atomic E-state index is 11.9. The van der Waals surface area contributed by atoms with Gasteiger partial charge in [0.1, 0.15) is 0 Å². The van der Waals surface area contributed by atoms with Gasteiger partial charge >= 0.3 is 0 Å². The van der Waals surface area contributed by atoms with Crippen LogP contribution in [0.4, 0.5) is 0 Å². The largest absolute Gasteiger partial charge is 0.383 e. The molecule has 0 radical (unpaired) electrons. The first-order chi connectivity index (χ1) is 10.7. The second-order valence-electron chi connectivity index (χ2n) is 4.59. The van der Waals surface area contributed by atoms with Crippen molar-refractivity contribution in [1.29, 1.82) is 0 Å². The summed E-state index contributed by atoms with van der Waals surface area (Å²) < 4.78 is 10.1. The lowest BCUT2D eigenvalue weighted by molar-refractivity contribution is 0.0944. The topological polar surface area (TPSA) is 76.4 Å². The predicted octanol–water partition coefficient (Wildman–Crippen LogP) is 1.96. The molecule has 1 aromatic carbocycles. The van der Waals surface area contributed by atoms with Gasteiger partial charge in [0.2, 0.25) is 0 Å². The van der Waals surface area contributed by atoms with Gasteiger partial charge in [-0.15, -0.1) is 0 Å². The molecule has 22 heavy (non-hydrogen) atoms. The first kappa shape index (κ1) is 16.5. The molecule has 0 saturated carbocycles. The summed E-state index contributed by atoms with van der Waals surface area (Å²) in [6.07, 6.45) is 0. The Kier molecular flexibility index (Phi) is 6.39. The molecular formula is C15H18ClN3O3. The summed E-state index contributed by atoms with van der Waals surface area (Å²) in [6, 6.07) is 8.77. The molecule has 118 valence electrons. The molecule has 7 heteroatoms. The van der Waals surface area contributed by atoms with E-state index in [9.17, 15) is 4.79 Å². The molecule has 1 aromatic heterocycles. The highest BCUT2D eigenvalue weighted by molar-refractivity contribution is 6.30. The number of benzene rings is 1. The van der Waals surface area contributed by atoms with Gasteiger partial charge in [0.15, 0.2) is 11.5 Å². The van der Waals surface area contributed by atoms with E-state index in [-0.39, 0.29) is 11.6 Å². The number of halogens is 1. The minimum Gasteiger partial charge on any atom is -0.383 e. The number of aromatic nitrogens is 1. The van der Waals surface area contributed by atoms with Crippen molar-refractivity contribution in [2.45, 2.75) is 0 Å². The summed E-state index contributed by atoms with van der Waals surface area (Å²) in [5.41, 5.74) is 1.02. The molecule has 0 fully saturated rings. The summed E-state index contributed by atoms with van der Waals surface area (Å²) in [7, 11) is 1.64. The first-order valence-corrected chi connectivity index (χ1v) is 7.29. The second-order valence-corrected chi connectivity index (χ2v) is 5.02. The van der Waals surface area contributed by atoms with Gasteiger partial charge in [0.05, 0.1) is 6.61 Å². The SMILES string of the molecule is COCCNCCNC(=O)c1cc(-c2cccc(Cl)c2)on1. The van der Waals surface area contributed by atoms with Gasteiger partial charge in [0.25, 0.3) is 5.91 Å². The van der Waals surface area contributed by atoms with Crippen LogP contribution in [0.3, 0.4) is 0 Å². The van der Waals surface area contributed by atoms with E-state index in [1.165, 1.54) is 0 Å². The fraction of sp³-hybridized carbons (Fsp3) is 0.333. The fourth-order valence-electron chi connectivity index (χ4n) is 1.81. The number of hydrogen-bond acceptors (Lipinski definition) is 5. The van der Waals surface area contributed by atoms with Crippen molar-refractivity contribution in [2.24, 2.45) is 0 Å². The van der Waals surface area contributed by atoms with Crippen molar-refractivity contribution in [3.05, 3.63) is 41.0 Å². The molecule has 0 aliphatic carbocycles. The molecule has 2 rings (SSSR count). The van der Waals surface area contributed by atoms with Gasteiger partial charge in [-0.25, -0.2) is 0 Å². The van der Waals surface area contributed by atoms with E-state index >= 15 is 0 Å². The van der Waals surface area contributed by atoms with Crippen LogP contribution in [0.5, 0.6) is 0 Å². The molecule has 0 unspecified atom stereocenters. The van der Waals surface area contributed by atoms with Crippen LogP contribution >= 0.6 is 11.6 Å². The van der Waals surface area contributed by atoms with Gasteiger partial charge in [-0.05, 0) is 12.1 Å². The summed E-state index contributed by atoms with van der Waals surface area (Å²) in [5, 5.41) is 10.3. The highest BCUT2D eigenvalue weighted by Gasteiger charge is 2.13. The molecule has 0 bridgehead atoms. The molecule has 2 aromatic rings. The van der Waals surface area contributed by atoms with Crippen molar-refractivity contribution in [2.75, 3.05) is 33.4 Å². The Hall–Kier alpha value is -1.89. The molecule has 2 N–H and O–H groups in total. The number of nitrogens with zero attached hydrogens (tertiary/aromatic N) is 1. The standard InChI is InChI=1S/C15H18ClN3O3/c1-21-8-7-17-5-6-18-15(20)13-10-14(22-19-13)11-3-2-4-12(16)9-11/h2-4,9-10,17H,5-8H2,1H3,(H,18,20). The van der Waals surface area contributed by atoms with Crippen LogP contribution in [-0.4, -0.2) is 44.4 Å². The molecule has 0 aliphatic rings. The maximum Gasteiger partial charge on any atom is 0.273 e. The van der Waals surface area contributed by atoms with Gasteiger partial charge in [0, 0.05) is 43.4 Å². The van der Waals surface area contributed by atoms with Gasteiger partial charge in [-0.2, -0.15) is 0 Å². The van der Waals surface area contributed by atoms with E-state index in [1.54, 1.807) is 25.3 Å². The predicted molar refractivity (Wildman–Crippen MR) is 84.0 cm³/mol. The van der Waals surface area contributed by atoms with E-state index in [2.05, 4.69) is 15.8 Å². The third-order valence-electron chi connectivity index (χ3n) is 2.92. The van der Waals surface area contributed by atoms with E-state index in [0.717, 1.165) is 12.1 Å². The first-order valence-electron chi connectivity index (χ1n) is 6.91. The number of hydrogen-bond donors (Lipinski definition) is 2. The Balaban J connectivity index is 1.84. The lowest BCUT2D eigenvalue weighted by Gasteiger charge is -2.04. The van der Waals surface area contributed by atoms with Crippen molar-refractivity contribution >= 4 is 17.5 Å². The fourth-order valence-corrected chi connectivity index (χ4v) is 2.00. The van der Waals surface area contributed by atoms with Gasteiger partial charge in [-0.3, -0.25) is 4.79 Å². The molecule has 1 heterocycles. The number of carbonyl (C=O) groups excluding carboxylic acids is 1. The Bertz CT molecular complexity index is 616. The summed E-state index contributed by atoms with van der Waals surface area (Å²) >= 11 is 5.93. The number of ether oxygens (including phenoxy) is 1. The average Bonchev–Trinajstić information content (AvgIpc) is 3.00. The van der Waals surface area contributed by atoms with E-state index in [0.29, 0.717) is 30.5 Å². The number of amides is 1. The number of nitrogens with one attached hydrogen (secondary N) is 2. The van der Waals surface area contributed by atoms with Crippen LogP contribution in [-0.2, 0) is 4.74 Å². The third kappa shape index (κ3) is 4.84. The quantitative estimate of drug-likeness (QED) is 0.726. The molecule has 0 saturated heterocycles. The van der Waals surface area contributed by atoms with Crippen LogP contribution in [0.15, 0.2) is 34.9 Å². The van der Waals surface area contributed by atoms with E-state index < -0.39 is 0 Å². The molecular weight excluding hydrogens is 306 g/mol. The smallest absolute Gasteiger partial charge is 0.273 e. The minimum atomic E-state index is -0.273. The maximum absolute atomic E-state index is 11.9. The lowest BCUT2D eigenvalue weighted by Crippen LogP contribution is -2.33. The monoisotopic (exact) mass is 323 g/mol. The van der Waals surface area contributed by atoms with Crippen LogP contribution in [0, 0.1) is 0 Å². The second kappa shape index (κ2) is 8.53. The Morgan fingerprint density at radius 2 is 2.18 bits per heavy atom. The Labute approximate surface area is 133 Å². The van der Waals surface area contributed by atoms with E-state index in [4.69, 9.17) is 20.9 Å². The van der Waals surface area contributed by atoms with Gasteiger partial charge < -0.3 is 19.9 Å². The third-order valence-corrected chi connectivity index (χ3v) is 3.16. The van der Waals surface area contributed by atoms with Crippen LogP contribution in [0.2, 0.25) is 5.02 Å². The highest BCUT2D eigenvalue weighted by Crippen LogP contribution is 2.23. The van der Waals surface area contributed by atoms with Gasteiger partial charge in [-0.1, -0.05) is 28.9 Å². The summed E-state index contributed by atoms with van der Waals surface area (Å²) in [5.74, 6) is 0.233. The van der Waals surface area contributed by atoms with Crippen molar-refractivity contribution in [1.82, 2.24) is 15.8 Å². The number of methoxy groups -OCH3 is 1. The Morgan fingerprint density at radius 1 is 1.32 bits per heavy atom. The minimum absolute atomic E-state index is 0.242. The van der Waals surface area contributed by atoms with Crippen LogP contribution < -0.4 is 10.6 Å². The molecule has 0 spiro atoms. The number of carbonyl (C=O) groups is 1. The number of rotatable bonds is 8.